The highest BCUT2D eigenvalue weighted by Gasteiger charge is 2.44. The van der Waals surface area contributed by atoms with Gasteiger partial charge in [-0.25, -0.2) is 9.67 Å². The van der Waals surface area contributed by atoms with Gasteiger partial charge in [0.25, 0.3) is 0 Å². The maximum absolute atomic E-state index is 13.2. The Bertz CT molecular complexity index is 856. The molecule has 3 rings (SSSR count). The van der Waals surface area contributed by atoms with Crippen LogP contribution in [0.5, 0.6) is 5.75 Å². The van der Waals surface area contributed by atoms with Crippen molar-refractivity contribution in [2.24, 2.45) is 5.73 Å². The van der Waals surface area contributed by atoms with Crippen molar-refractivity contribution in [3.63, 3.8) is 0 Å². The summed E-state index contributed by atoms with van der Waals surface area (Å²) in [4.78, 5) is 30.5. The highest BCUT2D eigenvalue weighted by Crippen LogP contribution is 2.27. The first-order chi connectivity index (χ1) is 13.7. The van der Waals surface area contributed by atoms with E-state index >= 15 is 0 Å². The molecule has 0 aliphatic carbocycles. The number of aromatic nitrogens is 3. The van der Waals surface area contributed by atoms with Crippen molar-refractivity contribution in [2.45, 2.75) is 31.4 Å². The Kier molecular flexibility index (Phi) is 6.09. The molecule has 156 valence electrons. The van der Waals surface area contributed by atoms with Gasteiger partial charge in [-0.2, -0.15) is 5.10 Å². The van der Waals surface area contributed by atoms with E-state index in [0.717, 1.165) is 0 Å². The molecule has 1 atom stereocenters. The van der Waals surface area contributed by atoms with E-state index in [9.17, 15) is 9.59 Å². The predicted octanol–water partition coefficient (Wildman–Crippen LogP) is 1.22. The van der Waals surface area contributed by atoms with Crippen LogP contribution in [0.4, 0.5) is 0 Å². The Labute approximate surface area is 173 Å². The lowest BCUT2D eigenvalue weighted by atomic mass is 9.95. The third-order valence-corrected chi connectivity index (χ3v) is 5.11. The van der Waals surface area contributed by atoms with E-state index in [0.29, 0.717) is 17.3 Å². The van der Waals surface area contributed by atoms with E-state index < -0.39 is 17.0 Å². The molecule has 0 radical (unpaired) electrons. The van der Waals surface area contributed by atoms with Gasteiger partial charge in [0.15, 0.2) is 0 Å². The summed E-state index contributed by atoms with van der Waals surface area (Å²) in [7, 11) is 0. The third-order valence-electron chi connectivity index (χ3n) is 4.86. The zero-order valence-electron chi connectivity index (χ0n) is 16.4. The average molecular weight is 422 g/mol. The van der Waals surface area contributed by atoms with Crippen LogP contribution in [0.15, 0.2) is 36.9 Å². The van der Waals surface area contributed by atoms with Crippen molar-refractivity contribution >= 4 is 23.4 Å². The molecule has 1 aliphatic rings. The minimum atomic E-state index is -1.04. The first-order valence-electron chi connectivity index (χ1n) is 9.17. The van der Waals surface area contributed by atoms with Crippen LogP contribution >= 0.6 is 11.6 Å². The summed E-state index contributed by atoms with van der Waals surface area (Å²) in [5.74, 6) is -0.116. The Balaban J connectivity index is 1.77. The topological polar surface area (TPSA) is 113 Å². The quantitative estimate of drug-likeness (QED) is 0.719. The molecule has 10 heteroatoms. The van der Waals surface area contributed by atoms with Crippen molar-refractivity contribution < 1.29 is 19.1 Å². The van der Waals surface area contributed by atoms with Crippen LogP contribution in [-0.4, -0.2) is 63.4 Å². The molecule has 2 amide bonds. The monoisotopic (exact) mass is 421 g/mol. The number of ether oxygens (including phenoxy) is 2. The van der Waals surface area contributed by atoms with Gasteiger partial charge in [-0.1, -0.05) is 11.6 Å². The normalized spacial score (nSPS) is 19.8. The van der Waals surface area contributed by atoms with Crippen molar-refractivity contribution in [2.75, 3.05) is 26.3 Å². The van der Waals surface area contributed by atoms with E-state index in [2.05, 4.69) is 10.1 Å². The van der Waals surface area contributed by atoms with Crippen LogP contribution in [-0.2, 0) is 19.9 Å². The van der Waals surface area contributed by atoms with Gasteiger partial charge in [-0.05, 0) is 38.1 Å². The second-order valence-corrected chi connectivity index (χ2v) is 7.98. The summed E-state index contributed by atoms with van der Waals surface area (Å²) in [5.41, 5.74) is 3.48. The van der Waals surface area contributed by atoms with Crippen LogP contribution in [0.2, 0.25) is 5.02 Å². The Hall–Kier alpha value is -2.65. The number of hydrogen-bond donors (Lipinski definition) is 1. The number of nitrogens with two attached hydrogens (primary N) is 1. The second-order valence-electron chi connectivity index (χ2n) is 7.54. The number of amides is 2. The van der Waals surface area contributed by atoms with Gasteiger partial charge >= 0.3 is 0 Å². The van der Waals surface area contributed by atoms with Crippen molar-refractivity contribution in [1.82, 2.24) is 19.7 Å². The minimum Gasteiger partial charge on any atom is -0.490 e. The van der Waals surface area contributed by atoms with E-state index in [-0.39, 0.29) is 32.1 Å². The molecule has 29 heavy (non-hydrogen) atoms. The predicted molar refractivity (Wildman–Crippen MR) is 105 cm³/mol. The average Bonchev–Trinajstić information content (AvgIpc) is 3.22. The highest BCUT2D eigenvalue weighted by molar-refractivity contribution is 6.30. The largest absolute Gasteiger partial charge is 0.490 e. The van der Waals surface area contributed by atoms with Crippen LogP contribution < -0.4 is 10.5 Å². The van der Waals surface area contributed by atoms with Gasteiger partial charge in [0.05, 0.1) is 19.6 Å². The molecule has 1 saturated heterocycles. The molecule has 1 aromatic heterocycles. The van der Waals surface area contributed by atoms with Gasteiger partial charge in [-0.15, -0.1) is 0 Å². The van der Waals surface area contributed by atoms with Crippen LogP contribution in [0.3, 0.4) is 0 Å². The van der Waals surface area contributed by atoms with Crippen LogP contribution in [0, 0.1) is 0 Å². The molecule has 0 bridgehead atoms. The SMILES string of the molecule is CC(C)(C(=O)N1CCO[C@](COc2ccc(Cl)cc2)(CC(N)=O)C1)n1cncn1. The maximum atomic E-state index is 13.2. The lowest BCUT2D eigenvalue weighted by Crippen LogP contribution is -2.60. The first-order valence-corrected chi connectivity index (χ1v) is 9.55. The summed E-state index contributed by atoms with van der Waals surface area (Å²) in [5, 5.41) is 4.68. The number of benzene rings is 1. The number of morpholine rings is 1. The number of carbonyl (C=O) groups excluding carboxylic acids is 2. The maximum Gasteiger partial charge on any atom is 0.250 e. The summed E-state index contributed by atoms with van der Waals surface area (Å²) in [6, 6.07) is 6.85. The van der Waals surface area contributed by atoms with Gasteiger partial charge in [0, 0.05) is 11.6 Å². The standard InChI is InChI=1S/C19H24ClN5O4/c1-18(2,25-13-22-12-23-25)17(27)24-7-8-29-19(10-24,9-16(21)26)11-28-15-5-3-14(20)4-6-15/h3-6,12-13H,7-11H2,1-2H3,(H2,21,26)/t19-/m1/s1. The van der Waals surface area contributed by atoms with Crippen molar-refractivity contribution in [3.8, 4) is 5.75 Å². The van der Waals surface area contributed by atoms with E-state index in [1.165, 1.54) is 17.3 Å². The van der Waals surface area contributed by atoms with Gasteiger partial charge in [0.2, 0.25) is 11.8 Å². The van der Waals surface area contributed by atoms with E-state index in [4.69, 9.17) is 26.8 Å². The fourth-order valence-electron chi connectivity index (χ4n) is 3.31. The molecule has 9 nitrogen and oxygen atoms in total. The number of carbonyl (C=O) groups is 2. The summed E-state index contributed by atoms with van der Waals surface area (Å²) >= 11 is 5.90. The number of rotatable bonds is 7. The van der Waals surface area contributed by atoms with Crippen molar-refractivity contribution in [1.29, 1.82) is 0 Å². The molecule has 1 aromatic carbocycles. The number of nitrogens with zero attached hydrogens (tertiary/aromatic N) is 4. The molecule has 1 fully saturated rings. The minimum absolute atomic E-state index is 0.0606. The lowest BCUT2D eigenvalue weighted by Gasteiger charge is -2.44. The molecule has 0 spiro atoms. The summed E-state index contributed by atoms with van der Waals surface area (Å²) in [6.07, 6.45) is 2.80. The van der Waals surface area contributed by atoms with Gasteiger partial charge in [0.1, 0.15) is 36.2 Å². The third kappa shape index (κ3) is 4.86. The second kappa shape index (κ2) is 8.38. The Morgan fingerprint density at radius 3 is 2.69 bits per heavy atom. The lowest BCUT2D eigenvalue weighted by molar-refractivity contribution is -0.167. The molecule has 1 aliphatic heterocycles. The fraction of sp³-hybridized carbons (Fsp3) is 0.474. The molecule has 0 saturated carbocycles. The highest BCUT2D eigenvalue weighted by atomic mass is 35.5. The zero-order chi connectivity index (χ0) is 21.1. The van der Waals surface area contributed by atoms with Crippen molar-refractivity contribution in [3.05, 3.63) is 41.9 Å². The first kappa shape index (κ1) is 21.1. The summed E-state index contributed by atoms with van der Waals surface area (Å²) < 4.78 is 13.3. The number of halogens is 1. The molecule has 2 N–H and O–H groups in total. The zero-order valence-corrected chi connectivity index (χ0v) is 17.1. The Morgan fingerprint density at radius 2 is 2.07 bits per heavy atom. The number of hydrogen-bond acceptors (Lipinski definition) is 6. The van der Waals surface area contributed by atoms with Gasteiger partial charge < -0.3 is 20.1 Å². The van der Waals surface area contributed by atoms with E-state index in [1.807, 2.05) is 0 Å². The van der Waals surface area contributed by atoms with Crippen LogP contribution in [0.1, 0.15) is 20.3 Å². The smallest absolute Gasteiger partial charge is 0.250 e. The molecule has 2 aromatic rings. The molecule has 0 unspecified atom stereocenters. The fourth-order valence-corrected chi connectivity index (χ4v) is 3.43. The number of primary amides is 1. The molecule has 2 heterocycles. The molecular weight excluding hydrogens is 398 g/mol. The van der Waals surface area contributed by atoms with Crippen LogP contribution in [0.25, 0.3) is 0 Å². The molecular formula is C19H24ClN5O4. The Morgan fingerprint density at radius 1 is 1.34 bits per heavy atom. The van der Waals surface area contributed by atoms with Gasteiger partial charge in [-0.3, -0.25) is 9.59 Å². The van der Waals surface area contributed by atoms with E-state index in [1.54, 1.807) is 43.0 Å². The summed E-state index contributed by atoms with van der Waals surface area (Å²) in [6.45, 7) is 4.40.